The number of hydrogen-bond acceptors (Lipinski definition) is 2. The van der Waals surface area contributed by atoms with Crippen molar-refractivity contribution in [2.24, 2.45) is 0 Å². The van der Waals surface area contributed by atoms with Gasteiger partial charge in [-0.1, -0.05) is 50.1 Å². The van der Waals surface area contributed by atoms with Crippen LogP contribution in [0.2, 0.25) is 0 Å². The second kappa shape index (κ2) is 7.66. The standard InChI is InChI=1S/C17H27NO/c1-3-13-18-16-11-7-8-12-17(16)19-14(2)15-9-5-4-6-10-15/h4-6,9-10,14,16-18H,3,7-8,11-13H2,1-2H3. The van der Waals surface area contributed by atoms with Crippen LogP contribution in [0.3, 0.4) is 0 Å². The fraction of sp³-hybridized carbons (Fsp3) is 0.647. The normalized spacial score (nSPS) is 25.2. The average Bonchev–Trinajstić information content (AvgIpc) is 2.47. The molecule has 1 fully saturated rings. The van der Waals surface area contributed by atoms with E-state index >= 15 is 0 Å². The number of benzene rings is 1. The highest BCUT2D eigenvalue weighted by Gasteiger charge is 2.26. The maximum absolute atomic E-state index is 6.32. The van der Waals surface area contributed by atoms with Crippen LogP contribution in [-0.2, 0) is 4.74 Å². The van der Waals surface area contributed by atoms with Crippen LogP contribution in [0.25, 0.3) is 0 Å². The Bertz CT molecular complexity index is 352. The molecule has 2 heteroatoms. The van der Waals surface area contributed by atoms with Gasteiger partial charge in [-0.2, -0.15) is 0 Å². The topological polar surface area (TPSA) is 21.3 Å². The lowest BCUT2D eigenvalue weighted by Gasteiger charge is -2.34. The van der Waals surface area contributed by atoms with E-state index in [1.165, 1.54) is 37.7 Å². The van der Waals surface area contributed by atoms with Crippen molar-refractivity contribution in [1.82, 2.24) is 5.32 Å². The van der Waals surface area contributed by atoms with Gasteiger partial charge in [0.2, 0.25) is 0 Å². The van der Waals surface area contributed by atoms with E-state index in [-0.39, 0.29) is 6.10 Å². The maximum Gasteiger partial charge on any atom is 0.0801 e. The molecule has 1 N–H and O–H groups in total. The van der Waals surface area contributed by atoms with Crippen molar-refractivity contribution in [3.05, 3.63) is 35.9 Å². The Morgan fingerprint density at radius 3 is 2.68 bits per heavy atom. The first kappa shape index (κ1) is 14.5. The first-order chi connectivity index (χ1) is 9.31. The summed E-state index contributed by atoms with van der Waals surface area (Å²) in [6, 6.07) is 11.1. The van der Waals surface area contributed by atoms with Crippen LogP contribution < -0.4 is 5.32 Å². The second-order valence-corrected chi connectivity index (χ2v) is 5.57. The molecule has 0 spiro atoms. The molecule has 3 atom stereocenters. The van der Waals surface area contributed by atoms with Gasteiger partial charge in [0.25, 0.3) is 0 Å². The van der Waals surface area contributed by atoms with Crippen LogP contribution in [0, 0.1) is 0 Å². The Labute approximate surface area is 117 Å². The molecule has 0 amide bonds. The summed E-state index contributed by atoms with van der Waals surface area (Å²) in [7, 11) is 0. The highest BCUT2D eigenvalue weighted by molar-refractivity contribution is 5.16. The van der Waals surface area contributed by atoms with Crippen LogP contribution >= 0.6 is 0 Å². The van der Waals surface area contributed by atoms with E-state index < -0.39 is 0 Å². The van der Waals surface area contributed by atoms with Gasteiger partial charge in [0.15, 0.2) is 0 Å². The number of hydrogen-bond donors (Lipinski definition) is 1. The fourth-order valence-corrected chi connectivity index (χ4v) is 2.89. The van der Waals surface area contributed by atoms with Crippen LogP contribution in [0.15, 0.2) is 30.3 Å². The van der Waals surface area contributed by atoms with Gasteiger partial charge < -0.3 is 10.1 Å². The van der Waals surface area contributed by atoms with E-state index in [4.69, 9.17) is 4.74 Å². The van der Waals surface area contributed by atoms with Gasteiger partial charge in [0, 0.05) is 6.04 Å². The molecule has 2 rings (SSSR count). The summed E-state index contributed by atoms with van der Waals surface area (Å²) >= 11 is 0. The minimum Gasteiger partial charge on any atom is -0.369 e. The lowest BCUT2D eigenvalue weighted by atomic mass is 9.92. The number of rotatable bonds is 6. The molecule has 0 radical (unpaired) electrons. The average molecular weight is 261 g/mol. The first-order valence-electron chi connectivity index (χ1n) is 7.75. The van der Waals surface area contributed by atoms with Crippen molar-refractivity contribution in [3.8, 4) is 0 Å². The molecule has 0 heterocycles. The lowest BCUT2D eigenvalue weighted by molar-refractivity contribution is -0.0403. The lowest BCUT2D eigenvalue weighted by Crippen LogP contribution is -2.44. The Morgan fingerprint density at radius 2 is 1.95 bits per heavy atom. The van der Waals surface area contributed by atoms with Gasteiger partial charge in [-0.3, -0.25) is 0 Å². The Morgan fingerprint density at radius 1 is 1.21 bits per heavy atom. The first-order valence-corrected chi connectivity index (χ1v) is 7.75. The van der Waals surface area contributed by atoms with Gasteiger partial charge in [-0.05, 0) is 38.3 Å². The monoisotopic (exact) mass is 261 g/mol. The molecule has 2 nitrogen and oxygen atoms in total. The van der Waals surface area contributed by atoms with Gasteiger partial charge >= 0.3 is 0 Å². The van der Waals surface area contributed by atoms with Gasteiger partial charge in [0.05, 0.1) is 12.2 Å². The van der Waals surface area contributed by atoms with E-state index in [2.05, 4.69) is 49.5 Å². The zero-order valence-electron chi connectivity index (χ0n) is 12.3. The molecule has 1 aliphatic rings. The molecular weight excluding hydrogens is 234 g/mol. The molecule has 1 aliphatic carbocycles. The summed E-state index contributed by atoms with van der Waals surface area (Å²) in [6.07, 6.45) is 6.84. The molecular formula is C17H27NO. The maximum atomic E-state index is 6.32. The Hall–Kier alpha value is -0.860. The summed E-state index contributed by atoms with van der Waals surface area (Å²) in [6.45, 7) is 5.49. The smallest absolute Gasteiger partial charge is 0.0801 e. The van der Waals surface area contributed by atoms with Crippen molar-refractivity contribution in [3.63, 3.8) is 0 Å². The van der Waals surface area contributed by atoms with Crippen molar-refractivity contribution in [2.45, 2.75) is 64.2 Å². The predicted octanol–water partition coefficient (Wildman–Crippen LogP) is 4.08. The highest BCUT2D eigenvalue weighted by atomic mass is 16.5. The van der Waals surface area contributed by atoms with E-state index in [0.717, 1.165) is 6.54 Å². The summed E-state index contributed by atoms with van der Waals surface area (Å²) < 4.78 is 6.32. The third-order valence-corrected chi connectivity index (χ3v) is 4.01. The molecule has 0 bridgehead atoms. The molecule has 1 saturated carbocycles. The van der Waals surface area contributed by atoms with E-state index in [1.54, 1.807) is 0 Å². The third kappa shape index (κ3) is 4.32. The molecule has 3 unspecified atom stereocenters. The van der Waals surface area contributed by atoms with Crippen molar-refractivity contribution >= 4 is 0 Å². The summed E-state index contributed by atoms with van der Waals surface area (Å²) in [5.41, 5.74) is 1.28. The number of nitrogens with one attached hydrogen (secondary N) is 1. The van der Waals surface area contributed by atoms with E-state index in [1.807, 2.05) is 0 Å². The Balaban J connectivity index is 1.91. The summed E-state index contributed by atoms with van der Waals surface area (Å²) in [4.78, 5) is 0. The summed E-state index contributed by atoms with van der Waals surface area (Å²) in [5.74, 6) is 0. The molecule has 0 aliphatic heterocycles. The van der Waals surface area contributed by atoms with Crippen molar-refractivity contribution in [1.29, 1.82) is 0 Å². The van der Waals surface area contributed by atoms with E-state index in [9.17, 15) is 0 Å². The van der Waals surface area contributed by atoms with Crippen LogP contribution in [-0.4, -0.2) is 18.7 Å². The zero-order valence-corrected chi connectivity index (χ0v) is 12.3. The molecule has 0 aromatic heterocycles. The quantitative estimate of drug-likeness (QED) is 0.833. The van der Waals surface area contributed by atoms with Crippen LogP contribution in [0.5, 0.6) is 0 Å². The van der Waals surface area contributed by atoms with Gasteiger partial charge in [0.1, 0.15) is 0 Å². The number of ether oxygens (including phenoxy) is 1. The molecule has 106 valence electrons. The Kier molecular flexibility index (Phi) is 5.87. The minimum absolute atomic E-state index is 0.190. The van der Waals surface area contributed by atoms with Crippen LogP contribution in [0.4, 0.5) is 0 Å². The highest BCUT2D eigenvalue weighted by Crippen LogP contribution is 2.27. The minimum atomic E-state index is 0.190. The second-order valence-electron chi connectivity index (χ2n) is 5.57. The van der Waals surface area contributed by atoms with Gasteiger partial charge in [-0.15, -0.1) is 0 Å². The van der Waals surface area contributed by atoms with Crippen molar-refractivity contribution < 1.29 is 4.74 Å². The zero-order chi connectivity index (χ0) is 13.5. The SMILES string of the molecule is CCCNC1CCCCC1OC(C)c1ccccc1. The summed E-state index contributed by atoms with van der Waals surface area (Å²) in [5, 5.41) is 3.65. The fourth-order valence-electron chi connectivity index (χ4n) is 2.89. The molecule has 0 saturated heterocycles. The van der Waals surface area contributed by atoms with Crippen molar-refractivity contribution in [2.75, 3.05) is 6.54 Å². The predicted molar refractivity (Wildman–Crippen MR) is 80.3 cm³/mol. The molecule has 1 aromatic carbocycles. The van der Waals surface area contributed by atoms with E-state index in [0.29, 0.717) is 12.1 Å². The molecule has 1 aromatic rings. The third-order valence-electron chi connectivity index (χ3n) is 4.01. The largest absolute Gasteiger partial charge is 0.369 e. The van der Waals surface area contributed by atoms with Crippen LogP contribution in [0.1, 0.15) is 57.6 Å². The van der Waals surface area contributed by atoms with Gasteiger partial charge in [-0.25, -0.2) is 0 Å². The molecule has 19 heavy (non-hydrogen) atoms.